The first-order valence-electron chi connectivity index (χ1n) is 16.0. The van der Waals surface area contributed by atoms with Crippen LogP contribution < -0.4 is 0 Å². The van der Waals surface area contributed by atoms with E-state index in [1.165, 1.54) is 77.0 Å². The van der Waals surface area contributed by atoms with Gasteiger partial charge in [0.1, 0.15) is 0 Å². The van der Waals surface area contributed by atoms with Crippen molar-refractivity contribution < 1.29 is 39.5 Å². The van der Waals surface area contributed by atoms with E-state index in [-0.39, 0.29) is 12.2 Å². The van der Waals surface area contributed by atoms with Crippen molar-refractivity contribution in [3.8, 4) is 17.2 Å². The summed E-state index contributed by atoms with van der Waals surface area (Å²) in [5, 5.41) is 36.5. The van der Waals surface area contributed by atoms with Crippen molar-refractivity contribution in [1.29, 1.82) is 0 Å². The standard InChI is InChI=1S/C23H46O3.C10H12O5/c1-3-5-7-8-9-10-11-12-13-14-15-16-17-18-20-22(23(24)25)26-21-19-6-4-2;1-2-3-15-10(14)6-4-7(11)9(13)8(12)5-6/h22H,3-21H2,1-2H3,(H,24,25);4-5,11-13H,2-3H2,1H3. The summed E-state index contributed by atoms with van der Waals surface area (Å²) in [6, 6.07) is 2.07. The molecule has 8 heteroatoms. The van der Waals surface area contributed by atoms with Crippen molar-refractivity contribution in [3.63, 3.8) is 0 Å². The van der Waals surface area contributed by atoms with Crippen molar-refractivity contribution in [2.45, 2.75) is 149 Å². The number of benzene rings is 1. The maximum absolute atomic E-state index is 11.3. The van der Waals surface area contributed by atoms with Gasteiger partial charge in [0.05, 0.1) is 12.2 Å². The second kappa shape index (κ2) is 26.4. The predicted octanol–water partition coefficient (Wildman–Crippen LogP) is 8.89. The molecule has 0 radical (unpaired) electrons. The number of carbonyl (C=O) groups is 2. The third-order valence-electron chi connectivity index (χ3n) is 6.90. The number of aliphatic carboxylic acids is 1. The van der Waals surface area contributed by atoms with E-state index in [0.717, 1.165) is 44.2 Å². The van der Waals surface area contributed by atoms with E-state index in [1.54, 1.807) is 0 Å². The van der Waals surface area contributed by atoms with Crippen LogP contribution >= 0.6 is 0 Å². The molecule has 0 fully saturated rings. The lowest BCUT2D eigenvalue weighted by Gasteiger charge is -2.13. The molecule has 238 valence electrons. The SMILES string of the molecule is CCCCCCCCCCCCCCCCC(OCCCCC)C(=O)O.CCCOC(=O)c1cc(O)c(O)c(O)c1. The highest BCUT2D eigenvalue weighted by molar-refractivity contribution is 5.91. The minimum absolute atomic E-state index is 0.00347. The summed E-state index contributed by atoms with van der Waals surface area (Å²) in [6.45, 7) is 7.11. The smallest absolute Gasteiger partial charge is 0.338 e. The first kappa shape index (κ1) is 38.5. The molecular formula is C33H58O8. The van der Waals surface area contributed by atoms with E-state index in [0.29, 0.717) is 19.4 Å². The van der Waals surface area contributed by atoms with Crippen molar-refractivity contribution in [2.24, 2.45) is 0 Å². The summed E-state index contributed by atoms with van der Waals surface area (Å²) in [7, 11) is 0. The van der Waals surface area contributed by atoms with Gasteiger partial charge in [-0.2, -0.15) is 0 Å². The summed E-state index contributed by atoms with van der Waals surface area (Å²) in [5.74, 6) is -3.21. The van der Waals surface area contributed by atoms with Crippen LogP contribution in [0.5, 0.6) is 17.2 Å². The van der Waals surface area contributed by atoms with E-state index in [1.807, 2.05) is 6.92 Å². The number of carbonyl (C=O) groups excluding carboxylic acids is 1. The molecule has 1 rings (SSSR count). The van der Waals surface area contributed by atoms with E-state index >= 15 is 0 Å². The molecule has 1 aromatic carbocycles. The Kier molecular flexibility index (Phi) is 24.8. The van der Waals surface area contributed by atoms with E-state index < -0.39 is 35.3 Å². The van der Waals surface area contributed by atoms with Gasteiger partial charge in [0.15, 0.2) is 23.4 Å². The van der Waals surface area contributed by atoms with Gasteiger partial charge in [0, 0.05) is 6.61 Å². The molecule has 1 unspecified atom stereocenters. The second-order valence-electron chi connectivity index (χ2n) is 10.8. The maximum Gasteiger partial charge on any atom is 0.338 e. The third kappa shape index (κ3) is 21.0. The van der Waals surface area contributed by atoms with Crippen molar-refractivity contribution in [1.82, 2.24) is 0 Å². The number of hydrogen-bond donors (Lipinski definition) is 4. The molecule has 0 spiro atoms. The molecule has 1 atom stereocenters. The Balaban J connectivity index is 0.000000897. The Labute approximate surface area is 248 Å². The molecule has 0 amide bonds. The van der Waals surface area contributed by atoms with Gasteiger partial charge < -0.3 is 29.9 Å². The number of ether oxygens (including phenoxy) is 2. The van der Waals surface area contributed by atoms with Crippen LogP contribution in [0.1, 0.15) is 153 Å². The summed E-state index contributed by atoms with van der Waals surface area (Å²) in [4.78, 5) is 22.5. The van der Waals surface area contributed by atoms with Crippen LogP contribution in [0.3, 0.4) is 0 Å². The van der Waals surface area contributed by atoms with E-state index in [2.05, 4.69) is 13.8 Å². The fourth-order valence-electron chi connectivity index (χ4n) is 4.38. The second-order valence-corrected chi connectivity index (χ2v) is 10.8. The van der Waals surface area contributed by atoms with Crippen molar-refractivity contribution in [2.75, 3.05) is 13.2 Å². The zero-order valence-electron chi connectivity index (χ0n) is 26.0. The molecule has 0 aliphatic rings. The number of carboxylic acids is 1. The topological polar surface area (TPSA) is 134 Å². The highest BCUT2D eigenvalue weighted by atomic mass is 16.5. The lowest BCUT2D eigenvalue weighted by atomic mass is 10.0. The van der Waals surface area contributed by atoms with Gasteiger partial charge in [-0.3, -0.25) is 0 Å². The van der Waals surface area contributed by atoms with E-state index in [4.69, 9.17) is 24.8 Å². The zero-order valence-corrected chi connectivity index (χ0v) is 26.0. The molecule has 0 aliphatic heterocycles. The average Bonchev–Trinajstić information content (AvgIpc) is 2.95. The van der Waals surface area contributed by atoms with Crippen LogP contribution in [0, 0.1) is 0 Å². The first-order valence-corrected chi connectivity index (χ1v) is 16.0. The summed E-state index contributed by atoms with van der Waals surface area (Å²) < 4.78 is 10.3. The van der Waals surface area contributed by atoms with Gasteiger partial charge in [-0.05, 0) is 31.4 Å². The van der Waals surface area contributed by atoms with Crippen molar-refractivity contribution >= 4 is 11.9 Å². The number of unbranched alkanes of at least 4 members (excludes halogenated alkanes) is 15. The highest BCUT2D eigenvalue weighted by Crippen LogP contribution is 2.35. The number of hydrogen-bond acceptors (Lipinski definition) is 7. The van der Waals surface area contributed by atoms with Gasteiger partial charge in [-0.15, -0.1) is 0 Å². The number of phenolic OH excluding ortho intramolecular Hbond substituents is 3. The first-order chi connectivity index (χ1) is 19.8. The molecule has 1 aromatic rings. The molecule has 0 aliphatic carbocycles. The Bertz CT molecular complexity index is 772. The monoisotopic (exact) mass is 582 g/mol. The number of carboxylic acid groups (broad SMARTS) is 1. The molecule has 0 saturated heterocycles. The quantitative estimate of drug-likeness (QED) is 0.0539. The van der Waals surface area contributed by atoms with Gasteiger partial charge in [0.2, 0.25) is 0 Å². The largest absolute Gasteiger partial charge is 0.504 e. The Hall–Kier alpha value is -2.48. The normalized spacial score (nSPS) is 11.5. The predicted molar refractivity (Wildman–Crippen MR) is 164 cm³/mol. The number of rotatable bonds is 24. The molecule has 0 aromatic heterocycles. The van der Waals surface area contributed by atoms with Crippen LogP contribution in [-0.4, -0.2) is 51.7 Å². The summed E-state index contributed by atoms with van der Waals surface area (Å²) in [5.41, 5.74) is -0.00347. The number of aromatic hydroxyl groups is 3. The highest BCUT2D eigenvalue weighted by Gasteiger charge is 2.17. The van der Waals surface area contributed by atoms with Crippen LogP contribution in [-0.2, 0) is 14.3 Å². The Morgan fingerprint density at radius 1 is 0.634 bits per heavy atom. The fourth-order valence-corrected chi connectivity index (χ4v) is 4.38. The molecular weight excluding hydrogens is 524 g/mol. The average molecular weight is 583 g/mol. The van der Waals surface area contributed by atoms with Gasteiger partial charge in [-0.25, -0.2) is 9.59 Å². The van der Waals surface area contributed by atoms with E-state index in [9.17, 15) is 14.7 Å². The molecule has 0 bridgehead atoms. The third-order valence-corrected chi connectivity index (χ3v) is 6.90. The van der Waals surface area contributed by atoms with Gasteiger partial charge >= 0.3 is 11.9 Å². The Morgan fingerprint density at radius 3 is 1.51 bits per heavy atom. The molecule has 41 heavy (non-hydrogen) atoms. The molecule has 0 saturated carbocycles. The van der Waals surface area contributed by atoms with Crippen LogP contribution in [0.25, 0.3) is 0 Å². The molecule has 4 N–H and O–H groups in total. The molecule has 8 nitrogen and oxygen atoms in total. The van der Waals surface area contributed by atoms with Crippen molar-refractivity contribution in [3.05, 3.63) is 17.7 Å². The maximum atomic E-state index is 11.3. The fraction of sp³-hybridized carbons (Fsp3) is 0.758. The van der Waals surface area contributed by atoms with Crippen LogP contribution in [0.4, 0.5) is 0 Å². The van der Waals surface area contributed by atoms with Crippen LogP contribution in [0.2, 0.25) is 0 Å². The van der Waals surface area contributed by atoms with Gasteiger partial charge in [-0.1, -0.05) is 124 Å². The number of esters is 1. The number of phenols is 3. The lowest BCUT2D eigenvalue weighted by Crippen LogP contribution is -2.24. The summed E-state index contributed by atoms with van der Waals surface area (Å²) in [6.07, 6.45) is 22.5. The minimum Gasteiger partial charge on any atom is -0.504 e. The van der Waals surface area contributed by atoms with Gasteiger partial charge in [0.25, 0.3) is 0 Å². The minimum atomic E-state index is -0.795. The lowest BCUT2D eigenvalue weighted by molar-refractivity contribution is -0.151. The zero-order chi connectivity index (χ0) is 30.7. The Morgan fingerprint density at radius 2 is 1.07 bits per heavy atom. The van der Waals surface area contributed by atoms with Crippen LogP contribution in [0.15, 0.2) is 12.1 Å². The summed E-state index contributed by atoms with van der Waals surface area (Å²) >= 11 is 0. The molecule has 0 heterocycles.